The second-order valence-electron chi connectivity index (χ2n) is 5.28. The Labute approximate surface area is 128 Å². The molecule has 1 N–H and O–H groups in total. The number of carbonyl (C=O) groups is 2. The van der Waals surface area contributed by atoms with Gasteiger partial charge in [-0.2, -0.15) is 0 Å². The number of likely N-dealkylation sites (tertiary alicyclic amines) is 1. The lowest BCUT2D eigenvalue weighted by atomic mass is 10.1. The number of carboxylic acids is 1. The van der Waals surface area contributed by atoms with Crippen LogP contribution in [-0.4, -0.2) is 41.1 Å². The number of hydrogen-bond donors (Lipinski definition) is 1. The summed E-state index contributed by atoms with van der Waals surface area (Å²) >= 11 is 5.88. The molecule has 21 heavy (non-hydrogen) atoms. The summed E-state index contributed by atoms with van der Waals surface area (Å²) in [7, 11) is 0. The maximum atomic E-state index is 12.3. The van der Waals surface area contributed by atoms with Crippen LogP contribution in [0.15, 0.2) is 18.2 Å². The molecule has 0 spiro atoms. The number of ether oxygens (including phenoxy) is 1. The van der Waals surface area contributed by atoms with Gasteiger partial charge in [0.15, 0.2) is 6.10 Å². The Morgan fingerprint density at radius 2 is 2.19 bits per heavy atom. The van der Waals surface area contributed by atoms with Gasteiger partial charge in [-0.15, -0.1) is 0 Å². The van der Waals surface area contributed by atoms with Crippen molar-refractivity contribution >= 4 is 23.5 Å². The molecular formula is C15H18ClNO4. The topological polar surface area (TPSA) is 66.8 Å². The van der Waals surface area contributed by atoms with Crippen LogP contribution in [0.3, 0.4) is 0 Å². The molecular weight excluding hydrogens is 294 g/mol. The van der Waals surface area contributed by atoms with Gasteiger partial charge >= 0.3 is 5.97 Å². The minimum atomic E-state index is -0.854. The van der Waals surface area contributed by atoms with E-state index < -0.39 is 18.0 Å². The molecule has 0 saturated carbocycles. The maximum absolute atomic E-state index is 12.3. The number of nitrogens with zero attached hydrogens (tertiary/aromatic N) is 1. The van der Waals surface area contributed by atoms with E-state index in [1.807, 2.05) is 6.92 Å². The first-order valence-electron chi connectivity index (χ1n) is 6.83. The Balaban J connectivity index is 1.98. The zero-order chi connectivity index (χ0) is 15.6. The number of amides is 1. The Kier molecular flexibility index (Phi) is 4.73. The number of aryl methyl sites for hydroxylation is 1. The van der Waals surface area contributed by atoms with Crippen molar-refractivity contribution in [3.05, 3.63) is 28.8 Å². The van der Waals surface area contributed by atoms with E-state index in [-0.39, 0.29) is 12.5 Å². The highest BCUT2D eigenvalue weighted by Crippen LogP contribution is 2.24. The number of aliphatic carboxylic acids is 1. The summed E-state index contributed by atoms with van der Waals surface area (Å²) < 4.78 is 5.67. The number of carbonyl (C=O) groups excluding carboxylic acids is 1. The van der Waals surface area contributed by atoms with Crippen molar-refractivity contribution in [3.8, 4) is 5.75 Å². The molecule has 2 rings (SSSR count). The quantitative estimate of drug-likeness (QED) is 0.927. The van der Waals surface area contributed by atoms with Gasteiger partial charge in [-0.25, -0.2) is 0 Å². The molecule has 0 radical (unpaired) electrons. The summed E-state index contributed by atoms with van der Waals surface area (Å²) in [5.41, 5.74) is 0.854. The van der Waals surface area contributed by atoms with Crippen LogP contribution in [0.4, 0.5) is 0 Å². The molecule has 1 aromatic carbocycles. The van der Waals surface area contributed by atoms with Gasteiger partial charge in [0.1, 0.15) is 5.75 Å². The van der Waals surface area contributed by atoms with Crippen molar-refractivity contribution < 1.29 is 19.4 Å². The first-order chi connectivity index (χ1) is 9.88. The monoisotopic (exact) mass is 311 g/mol. The lowest BCUT2D eigenvalue weighted by Gasteiger charge is -2.22. The molecule has 0 bridgehead atoms. The number of halogens is 1. The van der Waals surface area contributed by atoms with Crippen molar-refractivity contribution in [3.63, 3.8) is 0 Å². The molecule has 1 aromatic rings. The molecule has 1 aliphatic rings. The fourth-order valence-electron chi connectivity index (χ4n) is 2.41. The zero-order valence-electron chi connectivity index (χ0n) is 12.0. The molecule has 114 valence electrons. The van der Waals surface area contributed by atoms with Gasteiger partial charge in [-0.05, 0) is 44.0 Å². The van der Waals surface area contributed by atoms with Crippen molar-refractivity contribution in [1.29, 1.82) is 0 Å². The van der Waals surface area contributed by atoms with Gasteiger partial charge in [0.25, 0.3) is 5.91 Å². The van der Waals surface area contributed by atoms with E-state index in [0.717, 1.165) is 5.56 Å². The second-order valence-corrected chi connectivity index (χ2v) is 5.71. The van der Waals surface area contributed by atoms with E-state index in [1.54, 1.807) is 30.0 Å². The molecule has 0 unspecified atom stereocenters. The predicted molar refractivity (Wildman–Crippen MR) is 78.6 cm³/mol. The number of carboxylic acid groups (broad SMARTS) is 1. The molecule has 1 aliphatic heterocycles. The molecule has 1 heterocycles. The lowest BCUT2D eigenvalue weighted by Crippen LogP contribution is -2.39. The molecule has 1 fully saturated rings. The van der Waals surface area contributed by atoms with Crippen LogP contribution in [0, 0.1) is 12.8 Å². The maximum Gasteiger partial charge on any atom is 0.308 e. The Bertz CT molecular complexity index is 561. The summed E-state index contributed by atoms with van der Waals surface area (Å²) in [5, 5.41) is 9.58. The van der Waals surface area contributed by atoms with Crippen molar-refractivity contribution in [2.45, 2.75) is 26.4 Å². The van der Waals surface area contributed by atoms with Gasteiger partial charge in [-0.3, -0.25) is 9.59 Å². The highest BCUT2D eigenvalue weighted by atomic mass is 35.5. The molecule has 2 atom stereocenters. The third kappa shape index (κ3) is 3.67. The van der Waals surface area contributed by atoms with Crippen LogP contribution < -0.4 is 4.74 Å². The van der Waals surface area contributed by atoms with Gasteiger partial charge in [0.2, 0.25) is 0 Å². The molecule has 1 amide bonds. The third-order valence-electron chi connectivity index (χ3n) is 3.64. The molecule has 0 aliphatic carbocycles. The molecule has 0 aromatic heterocycles. The van der Waals surface area contributed by atoms with Gasteiger partial charge < -0.3 is 14.7 Å². The first kappa shape index (κ1) is 15.6. The van der Waals surface area contributed by atoms with E-state index in [9.17, 15) is 9.59 Å². The Morgan fingerprint density at radius 3 is 2.76 bits per heavy atom. The highest BCUT2D eigenvalue weighted by Gasteiger charge is 2.33. The summed E-state index contributed by atoms with van der Waals surface area (Å²) in [6.07, 6.45) is -0.161. The SMILES string of the molecule is Cc1cc(Cl)ccc1O[C@@H](C)C(=O)N1CC[C@H](C(=O)O)C1. The summed E-state index contributed by atoms with van der Waals surface area (Å²) in [5.74, 6) is -0.909. The van der Waals surface area contributed by atoms with Crippen LogP contribution in [0.2, 0.25) is 5.02 Å². The van der Waals surface area contributed by atoms with Crippen LogP contribution in [0.1, 0.15) is 18.9 Å². The molecule has 1 saturated heterocycles. The van der Waals surface area contributed by atoms with E-state index in [1.165, 1.54) is 0 Å². The van der Waals surface area contributed by atoms with Crippen LogP contribution in [-0.2, 0) is 9.59 Å². The zero-order valence-corrected chi connectivity index (χ0v) is 12.8. The second kappa shape index (κ2) is 6.35. The van der Waals surface area contributed by atoms with E-state index in [0.29, 0.717) is 23.7 Å². The average Bonchev–Trinajstić information content (AvgIpc) is 2.90. The summed E-state index contributed by atoms with van der Waals surface area (Å²) in [6, 6.07) is 5.20. The number of benzene rings is 1. The van der Waals surface area contributed by atoms with Gasteiger partial charge in [0.05, 0.1) is 5.92 Å². The normalized spacial score (nSPS) is 19.4. The standard InChI is InChI=1S/C15H18ClNO4/c1-9-7-12(16)3-4-13(9)21-10(2)14(18)17-6-5-11(8-17)15(19)20/h3-4,7,10-11H,5-6,8H2,1-2H3,(H,19,20)/t10-,11-/m0/s1. The van der Waals surface area contributed by atoms with E-state index in [4.69, 9.17) is 21.4 Å². The van der Waals surface area contributed by atoms with E-state index in [2.05, 4.69) is 0 Å². The van der Waals surface area contributed by atoms with Crippen LogP contribution in [0.5, 0.6) is 5.75 Å². The minimum absolute atomic E-state index is 0.187. The Morgan fingerprint density at radius 1 is 1.48 bits per heavy atom. The van der Waals surface area contributed by atoms with Crippen molar-refractivity contribution in [1.82, 2.24) is 4.90 Å². The molecule has 6 heteroatoms. The van der Waals surface area contributed by atoms with Crippen molar-refractivity contribution in [2.24, 2.45) is 5.92 Å². The average molecular weight is 312 g/mol. The highest BCUT2D eigenvalue weighted by molar-refractivity contribution is 6.30. The lowest BCUT2D eigenvalue weighted by molar-refractivity contribution is -0.142. The fourth-order valence-corrected chi connectivity index (χ4v) is 2.63. The Hall–Kier alpha value is -1.75. The predicted octanol–water partition coefficient (Wildman–Crippen LogP) is 2.35. The minimum Gasteiger partial charge on any atom is -0.481 e. The summed E-state index contributed by atoms with van der Waals surface area (Å²) in [4.78, 5) is 24.8. The fraction of sp³-hybridized carbons (Fsp3) is 0.467. The van der Waals surface area contributed by atoms with Crippen molar-refractivity contribution in [2.75, 3.05) is 13.1 Å². The van der Waals surface area contributed by atoms with Crippen LogP contribution >= 0.6 is 11.6 Å². The van der Waals surface area contributed by atoms with Gasteiger partial charge in [-0.1, -0.05) is 11.6 Å². The van der Waals surface area contributed by atoms with E-state index >= 15 is 0 Å². The number of rotatable bonds is 4. The smallest absolute Gasteiger partial charge is 0.308 e. The molecule has 5 nitrogen and oxygen atoms in total. The largest absolute Gasteiger partial charge is 0.481 e. The number of hydrogen-bond acceptors (Lipinski definition) is 3. The van der Waals surface area contributed by atoms with Gasteiger partial charge in [0, 0.05) is 18.1 Å². The summed E-state index contributed by atoms with van der Waals surface area (Å²) in [6.45, 7) is 4.24. The van der Waals surface area contributed by atoms with Crippen LogP contribution in [0.25, 0.3) is 0 Å². The first-order valence-corrected chi connectivity index (χ1v) is 7.20. The third-order valence-corrected chi connectivity index (χ3v) is 3.87.